The summed E-state index contributed by atoms with van der Waals surface area (Å²) in [4.78, 5) is 22.5. The Kier molecular flexibility index (Phi) is 6.58. The number of nitrogens with one attached hydrogen (secondary N) is 1. The van der Waals surface area contributed by atoms with Crippen molar-refractivity contribution in [2.75, 3.05) is 13.6 Å². The number of rotatable bonds is 8. The molecule has 10 heteroatoms. The molecule has 0 aliphatic carbocycles. The molecular formula is C13H16F2N2O5S. The quantitative estimate of drug-likeness (QED) is 0.712. The summed E-state index contributed by atoms with van der Waals surface area (Å²) in [5, 5.41) is 10.6. The van der Waals surface area contributed by atoms with Crippen molar-refractivity contribution in [1.82, 2.24) is 9.62 Å². The number of carbonyl (C=O) groups is 2. The minimum absolute atomic E-state index is 0.0438. The van der Waals surface area contributed by atoms with E-state index in [1.807, 2.05) is 5.32 Å². The van der Waals surface area contributed by atoms with Gasteiger partial charge in [0.2, 0.25) is 22.4 Å². The molecule has 23 heavy (non-hydrogen) atoms. The first-order valence-electron chi connectivity index (χ1n) is 6.46. The molecule has 1 aromatic carbocycles. The fourth-order valence-corrected chi connectivity index (χ4v) is 2.85. The van der Waals surface area contributed by atoms with E-state index in [0.717, 1.165) is 7.05 Å². The number of nitrogens with zero attached hydrogens (tertiary/aromatic N) is 1. The first kappa shape index (κ1) is 19.0. The van der Waals surface area contributed by atoms with Gasteiger partial charge in [-0.3, -0.25) is 4.79 Å². The Balaban J connectivity index is 2.74. The highest BCUT2D eigenvalue weighted by molar-refractivity contribution is 7.89. The fraction of sp³-hybridized carbons (Fsp3) is 0.385. The molecule has 0 fully saturated rings. The number of sulfonamides is 1. The monoisotopic (exact) mass is 350 g/mol. The van der Waals surface area contributed by atoms with E-state index in [1.54, 1.807) is 6.07 Å². The van der Waals surface area contributed by atoms with E-state index in [1.165, 1.54) is 24.3 Å². The summed E-state index contributed by atoms with van der Waals surface area (Å²) in [6, 6.07) is 5.51. The van der Waals surface area contributed by atoms with Gasteiger partial charge in [-0.25, -0.2) is 22.0 Å². The first-order valence-corrected chi connectivity index (χ1v) is 7.90. The molecule has 0 aliphatic rings. The molecule has 0 heterocycles. The van der Waals surface area contributed by atoms with Crippen LogP contribution in [0.4, 0.5) is 8.78 Å². The Hall–Kier alpha value is -2.07. The van der Waals surface area contributed by atoms with Gasteiger partial charge >= 0.3 is 5.97 Å². The van der Waals surface area contributed by atoms with Gasteiger partial charge in [-0.1, -0.05) is 18.2 Å². The largest absolute Gasteiger partial charge is 0.480 e. The van der Waals surface area contributed by atoms with E-state index >= 15 is 0 Å². The van der Waals surface area contributed by atoms with E-state index in [0.29, 0.717) is 4.31 Å². The average molecular weight is 350 g/mol. The lowest BCUT2D eigenvalue weighted by Gasteiger charge is -2.19. The molecule has 7 nitrogen and oxygen atoms in total. The van der Waals surface area contributed by atoms with Gasteiger partial charge in [0.1, 0.15) is 6.04 Å². The number of carbonyl (C=O) groups excluding carboxylic acids is 1. The van der Waals surface area contributed by atoms with Crippen LogP contribution in [-0.4, -0.2) is 55.8 Å². The number of alkyl halides is 2. The van der Waals surface area contributed by atoms with Crippen LogP contribution in [0.25, 0.3) is 0 Å². The van der Waals surface area contributed by atoms with Crippen LogP contribution in [0.3, 0.4) is 0 Å². The summed E-state index contributed by atoms with van der Waals surface area (Å²) in [5.74, 6) is -2.60. The Morgan fingerprint density at radius 3 is 2.30 bits per heavy atom. The van der Waals surface area contributed by atoms with E-state index in [2.05, 4.69) is 0 Å². The molecule has 1 aromatic rings. The van der Waals surface area contributed by atoms with E-state index in [-0.39, 0.29) is 4.90 Å². The second kappa shape index (κ2) is 7.97. The predicted molar refractivity (Wildman–Crippen MR) is 76.4 cm³/mol. The molecule has 1 amide bonds. The maximum absolute atomic E-state index is 12.2. The number of benzene rings is 1. The number of hydrogen-bond acceptors (Lipinski definition) is 4. The summed E-state index contributed by atoms with van der Waals surface area (Å²) in [7, 11) is -2.81. The standard InChI is InChI=1S/C13H16F2N2O5S/c1-17(23(21,22)9-5-3-2-4-6-9)8-12(18)16-10(13(19)20)7-11(14)15/h2-6,10-11H,7-8H2,1H3,(H,16,18)(H,19,20). The van der Waals surface area contributed by atoms with Gasteiger partial charge in [-0.15, -0.1) is 0 Å². The van der Waals surface area contributed by atoms with Crippen LogP contribution in [0.5, 0.6) is 0 Å². The zero-order chi connectivity index (χ0) is 17.6. The van der Waals surface area contributed by atoms with Crippen LogP contribution in [0.15, 0.2) is 35.2 Å². The van der Waals surface area contributed by atoms with Gasteiger partial charge in [0, 0.05) is 13.5 Å². The fourth-order valence-electron chi connectivity index (χ4n) is 1.70. The van der Waals surface area contributed by atoms with Crippen molar-refractivity contribution in [3.05, 3.63) is 30.3 Å². The van der Waals surface area contributed by atoms with Crippen LogP contribution < -0.4 is 5.32 Å². The molecule has 0 saturated heterocycles. The summed E-state index contributed by atoms with van der Waals surface area (Å²) >= 11 is 0. The van der Waals surface area contributed by atoms with E-state index in [9.17, 15) is 26.8 Å². The SMILES string of the molecule is CN(CC(=O)NC(CC(F)F)C(=O)O)S(=O)(=O)c1ccccc1. The van der Waals surface area contributed by atoms with Gasteiger partial charge in [-0.2, -0.15) is 4.31 Å². The third-order valence-electron chi connectivity index (χ3n) is 2.86. The maximum atomic E-state index is 12.2. The Morgan fingerprint density at radius 1 is 1.26 bits per heavy atom. The smallest absolute Gasteiger partial charge is 0.326 e. The van der Waals surface area contributed by atoms with Gasteiger partial charge < -0.3 is 10.4 Å². The highest BCUT2D eigenvalue weighted by Gasteiger charge is 2.27. The lowest BCUT2D eigenvalue weighted by Crippen LogP contribution is -2.46. The predicted octanol–water partition coefficient (Wildman–Crippen LogP) is 0.532. The zero-order valence-corrected chi connectivity index (χ0v) is 13.0. The van der Waals surface area contributed by atoms with Gasteiger partial charge in [0.15, 0.2) is 0 Å². The molecule has 2 N–H and O–H groups in total. The van der Waals surface area contributed by atoms with Crippen LogP contribution >= 0.6 is 0 Å². The molecule has 1 atom stereocenters. The Labute approximate surface area is 132 Å². The lowest BCUT2D eigenvalue weighted by atomic mass is 10.2. The minimum Gasteiger partial charge on any atom is -0.480 e. The molecule has 0 saturated carbocycles. The summed E-state index contributed by atoms with van der Waals surface area (Å²) in [6.07, 6.45) is -3.97. The zero-order valence-electron chi connectivity index (χ0n) is 12.1. The van der Waals surface area contributed by atoms with Crippen molar-refractivity contribution in [2.24, 2.45) is 0 Å². The first-order chi connectivity index (χ1) is 10.6. The minimum atomic E-state index is -3.94. The third kappa shape index (κ3) is 5.57. The van der Waals surface area contributed by atoms with Crippen molar-refractivity contribution in [2.45, 2.75) is 23.8 Å². The van der Waals surface area contributed by atoms with Crippen LogP contribution in [-0.2, 0) is 19.6 Å². The van der Waals surface area contributed by atoms with E-state index in [4.69, 9.17) is 5.11 Å². The molecule has 0 radical (unpaired) electrons. The van der Waals surface area contributed by atoms with Crippen molar-refractivity contribution in [3.8, 4) is 0 Å². The van der Waals surface area contributed by atoms with Crippen molar-refractivity contribution >= 4 is 21.9 Å². The van der Waals surface area contributed by atoms with E-state index < -0.39 is 47.3 Å². The summed E-state index contributed by atoms with van der Waals surface area (Å²) in [5.41, 5.74) is 0. The Morgan fingerprint density at radius 2 is 1.83 bits per heavy atom. The number of hydrogen-bond donors (Lipinski definition) is 2. The van der Waals surface area contributed by atoms with Gasteiger partial charge in [-0.05, 0) is 12.1 Å². The van der Waals surface area contributed by atoms with Crippen LogP contribution in [0.2, 0.25) is 0 Å². The number of likely N-dealkylation sites (N-methyl/N-ethyl adjacent to an activating group) is 1. The molecule has 0 aliphatic heterocycles. The van der Waals surface area contributed by atoms with Crippen molar-refractivity contribution in [3.63, 3.8) is 0 Å². The average Bonchev–Trinajstić information content (AvgIpc) is 2.46. The molecule has 1 rings (SSSR count). The third-order valence-corrected chi connectivity index (χ3v) is 4.68. The number of aliphatic carboxylic acids is 1. The second-order valence-electron chi connectivity index (χ2n) is 4.66. The molecular weight excluding hydrogens is 334 g/mol. The normalized spacial score (nSPS) is 13.1. The van der Waals surface area contributed by atoms with Crippen LogP contribution in [0.1, 0.15) is 6.42 Å². The van der Waals surface area contributed by atoms with Gasteiger partial charge in [0.05, 0.1) is 11.4 Å². The number of carboxylic acid groups (broad SMARTS) is 1. The second-order valence-corrected chi connectivity index (χ2v) is 6.70. The molecule has 1 unspecified atom stereocenters. The topological polar surface area (TPSA) is 104 Å². The highest BCUT2D eigenvalue weighted by Crippen LogP contribution is 2.13. The Bertz CT molecular complexity index is 652. The molecule has 128 valence electrons. The van der Waals surface area contributed by atoms with Crippen molar-refractivity contribution < 1.29 is 31.9 Å². The van der Waals surface area contributed by atoms with Crippen LogP contribution in [0, 0.1) is 0 Å². The number of carboxylic acids is 1. The molecule has 0 bridgehead atoms. The number of amides is 1. The summed E-state index contributed by atoms with van der Waals surface area (Å²) in [6.45, 7) is -0.690. The van der Waals surface area contributed by atoms with Gasteiger partial charge in [0.25, 0.3) is 0 Å². The summed E-state index contributed by atoms with van der Waals surface area (Å²) < 4.78 is 49.6. The maximum Gasteiger partial charge on any atom is 0.326 e. The molecule has 0 spiro atoms. The molecule has 0 aromatic heterocycles. The highest BCUT2D eigenvalue weighted by atomic mass is 32.2. The van der Waals surface area contributed by atoms with Crippen molar-refractivity contribution in [1.29, 1.82) is 0 Å². The number of halogens is 2. The lowest BCUT2D eigenvalue weighted by molar-refractivity contribution is -0.143.